The summed E-state index contributed by atoms with van der Waals surface area (Å²) in [6.07, 6.45) is 32.2. The highest BCUT2D eigenvalue weighted by molar-refractivity contribution is 5.50. The summed E-state index contributed by atoms with van der Waals surface area (Å²) in [7, 11) is 0. The zero-order valence-electron chi connectivity index (χ0n) is 37.5. The van der Waals surface area contributed by atoms with Crippen LogP contribution < -0.4 is 11.5 Å². The summed E-state index contributed by atoms with van der Waals surface area (Å²) in [5.41, 5.74) is 25.6. The maximum absolute atomic E-state index is 6.25. The Hall–Kier alpha value is -3.52. The fourth-order valence-electron chi connectivity index (χ4n) is 10.3. The van der Waals surface area contributed by atoms with Gasteiger partial charge >= 0.3 is 0 Å². The molecule has 4 aromatic carbocycles. The molecular formula is C56H82N2. The number of hydrogen-bond acceptors (Lipinski definition) is 2. The molecule has 1 saturated carbocycles. The minimum absolute atomic E-state index is 0.402. The van der Waals surface area contributed by atoms with Crippen LogP contribution >= 0.6 is 0 Å². The molecule has 1 aliphatic carbocycles. The molecule has 2 heteroatoms. The smallest absolute Gasteiger partial charge is 0.0316 e. The number of nitrogen functional groups attached to an aromatic ring is 2. The number of rotatable bonds is 26. The van der Waals surface area contributed by atoms with Gasteiger partial charge < -0.3 is 11.5 Å². The third kappa shape index (κ3) is 14.3. The molecular weight excluding hydrogens is 701 g/mol. The fourth-order valence-corrected chi connectivity index (χ4v) is 10.3. The molecule has 2 nitrogen and oxygen atoms in total. The van der Waals surface area contributed by atoms with Gasteiger partial charge in [0.15, 0.2) is 0 Å². The topological polar surface area (TPSA) is 52.0 Å². The first-order chi connectivity index (χ1) is 28.4. The monoisotopic (exact) mass is 783 g/mol. The van der Waals surface area contributed by atoms with Gasteiger partial charge in [-0.3, -0.25) is 0 Å². The Kier molecular flexibility index (Phi) is 19.8. The van der Waals surface area contributed by atoms with Crippen LogP contribution in [0.1, 0.15) is 230 Å². The van der Waals surface area contributed by atoms with Crippen LogP contribution in [0.15, 0.2) is 84.9 Å². The molecule has 2 atom stereocenters. The average molecular weight is 783 g/mol. The van der Waals surface area contributed by atoms with Crippen molar-refractivity contribution in [1.82, 2.24) is 0 Å². The van der Waals surface area contributed by atoms with E-state index in [0.29, 0.717) is 17.8 Å². The molecule has 0 aromatic heterocycles. The van der Waals surface area contributed by atoms with Crippen molar-refractivity contribution < 1.29 is 0 Å². The number of aryl methyl sites for hydroxylation is 2. The average Bonchev–Trinajstić information content (AvgIpc) is 3.23. The number of unbranched alkanes of at least 4 members (excludes halogenated alkanes) is 12. The van der Waals surface area contributed by atoms with Crippen LogP contribution in [0, 0.1) is 19.8 Å². The first kappa shape index (κ1) is 45.6. The van der Waals surface area contributed by atoms with E-state index < -0.39 is 0 Å². The van der Waals surface area contributed by atoms with Crippen molar-refractivity contribution in [2.24, 2.45) is 5.92 Å². The van der Waals surface area contributed by atoms with E-state index >= 15 is 0 Å². The Morgan fingerprint density at radius 3 is 1.19 bits per heavy atom. The van der Waals surface area contributed by atoms with Crippen molar-refractivity contribution in [3.05, 3.63) is 129 Å². The Morgan fingerprint density at radius 1 is 0.431 bits per heavy atom. The van der Waals surface area contributed by atoms with E-state index in [4.69, 9.17) is 11.5 Å². The highest BCUT2D eigenvalue weighted by Crippen LogP contribution is 2.39. The van der Waals surface area contributed by atoms with Crippen molar-refractivity contribution in [2.45, 2.75) is 200 Å². The summed E-state index contributed by atoms with van der Waals surface area (Å²) in [6, 6.07) is 33.0. The van der Waals surface area contributed by atoms with Gasteiger partial charge in [-0.05, 0) is 108 Å². The van der Waals surface area contributed by atoms with Crippen LogP contribution in [0.5, 0.6) is 0 Å². The minimum atomic E-state index is 0.402. The Morgan fingerprint density at radius 2 is 0.793 bits per heavy atom. The van der Waals surface area contributed by atoms with Crippen LogP contribution in [0.3, 0.4) is 0 Å². The van der Waals surface area contributed by atoms with Gasteiger partial charge in [-0.25, -0.2) is 0 Å². The van der Waals surface area contributed by atoms with Gasteiger partial charge in [-0.1, -0.05) is 209 Å². The molecule has 4 N–H and O–H groups in total. The third-order valence-corrected chi connectivity index (χ3v) is 13.8. The zero-order chi connectivity index (χ0) is 41.0. The van der Waals surface area contributed by atoms with Crippen molar-refractivity contribution in [1.29, 1.82) is 0 Å². The Labute approximate surface area is 356 Å². The lowest BCUT2D eigenvalue weighted by atomic mass is 9.80. The summed E-state index contributed by atoms with van der Waals surface area (Å²) >= 11 is 0. The summed E-state index contributed by atoms with van der Waals surface area (Å²) in [5.74, 6) is 2.13. The molecule has 58 heavy (non-hydrogen) atoms. The van der Waals surface area contributed by atoms with Gasteiger partial charge in [-0.15, -0.1) is 0 Å². The first-order valence-electron chi connectivity index (χ1n) is 24.3. The molecule has 2 unspecified atom stereocenters. The largest absolute Gasteiger partial charge is 0.399 e. The number of nitrogens with two attached hydrogens (primary N) is 2. The summed E-state index contributed by atoms with van der Waals surface area (Å²) < 4.78 is 0. The molecule has 4 aromatic rings. The van der Waals surface area contributed by atoms with E-state index in [2.05, 4.69) is 113 Å². The molecule has 0 aliphatic heterocycles. The van der Waals surface area contributed by atoms with Gasteiger partial charge in [0.2, 0.25) is 0 Å². The molecule has 0 bridgehead atoms. The van der Waals surface area contributed by atoms with E-state index in [9.17, 15) is 0 Å². The van der Waals surface area contributed by atoms with Crippen LogP contribution in [0.2, 0.25) is 0 Å². The number of benzene rings is 4. The van der Waals surface area contributed by atoms with Gasteiger partial charge in [0.05, 0.1) is 0 Å². The second-order valence-corrected chi connectivity index (χ2v) is 18.5. The zero-order valence-corrected chi connectivity index (χ0v) is 37.5. The Balaban J connectivity index is 1.37. The highest BCUT2D eigenvalue weighted by Gasteiger charge is 2.22. The minimum Gasteiger partial charge on any atom is -0.399 e. The van der Waals surface area contributed by atoms with Crippen LogP contribution in [-0.4, -0.2) is 0 Å². The second-order valence-electron chi connectivity index (χ2n) is 18.5. The molecule has 5 rings (SSSR count). The highest BCUT2D eigenvalue weighted by atomic mass is 14.5. The van der Waals surface area contributed by atoms with Gasteiger partial charge in [0, 0.05) is 29.1 Å². The lowest BCUT2D eigenvalue weighted by Gasteiger charge is -2.25. The molecule has 1 fully saturated rings. The normalized spacial score (nSPS) is 15.0. The molecule has 0 heterocycles. The molecule has 316 valence electrons. The van der Waals surface area contributed by atoms with Gasteiger partial charge in [0.1, 0.15) is 0 Å². The maximum atomic E-state index is 6.25. The number of hydrogen-bond donors (Lipinski definition) is 2. The van der Waals surface area contributed by atoms with Crippen LogP contribution in [-0.2, 0) is 0 Å². The molecule has 1 aliphatic rings. The molecule has 0 amide bonds. The summed E-state index contributed by atoms with van der Waals surface area (Å²) in [4.78, 5) is 0. The molecule has 0 saturated heterocycles. The van der Waals surface area contributed by atoms with E-state index in [1.54, 1.807) is 0 Å². The lowest BCUT2D eigenvalue weighted by Crippen LogP contribution is -2.09. The van der Waals surface area contributed by atoms with E-state index in [1.165, 1.54) is 199 Å². The van der Waals surface area contributed by atoms with Crippen molar-refractivity contribution >= 4 is 11.4 Å². The second kappa shape index (κ2) is 25.2. The predicted octanol–water partition coefficient (Wildman–Crippen LogP) is 16.9. The summed E-state index contributed by atoms with van der Waals surface area (Å²) in [6.45, 7) is 9.10. The SMILES string of the molecule is CCCCCCCCCC(c1ccc(C(CCCC2CCCCC2)c2ccc(C(CCCCCCCCC)c3ccc(N)cc3C)cc2)cc1)c1ccc(N)cc1C. The van der Waals surface area contributed by atoms with Crippen molar-refractivity contribution in [3.8, 4) is 0 Å². The van der Waals surface area contributed by atoms with Gasteiger partial charge in [0.25, 0.3) is 0 Å². The van der Waals surface area contributed by atoms with Crippen molar-refractivity contribution in [3.63, 3.8) is 0 Å². The fraction of sp³-hybridized carbons (Fsp3) is 0.571. The van der Waals surface area contributed by atoms with E-state index in [0.717, 1.165) is 17.3 Å². The molecule has 0 spiro atoms. The van der Waals surface area contributed by atoms with Crippen LogP contribution in [0.25, 0.3) is 0 Å². The maximum Gasteiger partial charge on any atom is 0.0316 e. The summed E-state index contributed by atoms with van der Waals surface area (Å²) in [5, 5.41) is 0. The Bertz CT molecular complexity index is 1600. The van der Waals surface area contributed by atoms with Crippen LogP contribution in [0.4, 0.5) is 11.4 Å². The van der Waals surface area contributed by atoms with Crippen molar-refractivity contribution in [2.75, 3.05) is 11.5 Å². The van der Waals surface area contributed by atoms with E-state index in [-0.39, 0.29) is 0 Å². The van der Waals surface area contributed by atoms with E-state index in [1.807, 2.05) is 0 Å². The van der Waals surface area contributed by atoms with Gasteiger partial charge in [-0.2, -0.15) is 0 Å². The predicted molar refractivity (Wildman–Crippen MR) is 255 cm³/mol. The first-order valence-corrected chi connectivity index (χ1v) is 24.3. The standard InChI is InChI=1S/C56H82N2/c1-5-7-9-11-13-15-20-26-55(52-39-37-50(57)41-43(52)3)48-33-29-46(30-34-48)54(28-22-25-45-23-18-17-19-24-45)47-31-35-49(36-32-47)56(27-21-16-14-12-10-8-6-2)53-40-38-51(58)42-44(53)4/h29-42,45,54-56H,5-28,57-58H2,1-4H3. The quantitative estimate of drug-likeness (QED) is 0.0492. The third-order valence-electron chi connectivity index (χ3n) is 13.8. The number of anilines is 2. The molecule has 0 radical (unpaired) electrons. The lowest BCUT2D eigenvalue weighted by molar-refractivity contribution is 0.328.